The van der Waals surface area contributed by atoms with Crippen LogP contribution >= 0.6 is 0 Å². The van der Waals surface area contributed by atoms with Crippen molar-refractivity contribution >= 4 is 0 Å². The van der Waals surface area contributed by atoms with E-state index in [0.717, 1.165) is 32.1 Å². The number of hydrogen-bond donors (Lipinski definition) is 1. The minimum Gasteiger partial charge on any atom is -0.393 e. The predicted octanol–water partition coefficient (Wildman–Crippen LogP) is 3.92. The molecule has 0 spiro atoms. The summed E-state index contributed by atoms with van der Waals surface area (Å²) in [6, 6.07) is 0. The van der Waals surface area contributed by atoms with Gasteiger partial charge in [0, 0.05) is 0 Å². The number of ether oxygens (including phenoxy) is 2. The van der Waals surface area contributed by atoms with E-state index in [9.17, 15) is 5.11 Å². The van der Waals surface area contributed by atoms with Gasteiger partial charge < -0.3 is 14.6 Å². The molecule has 0 amide bonds. The Morgan fingerprint density at radius 3 is 2.22 bits per heavy atom. The first-order valence-electron chi connectivity index (χ1n) is 9.69. The quantitative estimate of drug-likeness (QED) is 0.687. The van der Waals surface area contributed by atoms with Gasteiger partial charge in [0.1, 0.15) is 0 Å². The molecule has 2 saturated heterocycles. The molecule has 2 heterocycles. The van der Waals surface area contributed by atoms with E-state index in [4.69, 9.17) is 9.47 Å². The lowest BCUT2D eigenvalue weighted by molar-refractivity contribution is -0.0759. The molecule has 0 aromatic rings. The van der Waals surface area contributed by atoms with Crippen molar-refractivity contribution in [1.29, 1.82) is 0 Å². The fourth-order valence-corrected chi connectivity index (χ4v) is 5.89. The molecular formula is C20H34O3. The van der Waals surface area contributed by atoms with E-state index < -0.39 is 0 Å². The summed E-state index contributed by atoms with van der Waals surface area (Å²) >= 11 is 0. The van der Waals surface area contributed by atoms with Crippen molar-refractivity contribution in [2.24, 2.45) is 23.2 Å². The molecular weight excluding hydrogens is 288 g/mol. The summed E-state index contributed by atoms with van der Waals surface area (Å²) < 4.78 is 12.2. The molecule has 2 aliphatic heterocycles. The molecule has 4 rings (SSSR count). The highest BCUT2D eigenvalue weighted by Gasteiger charge is 2.60. The second-order valence-electron chi connectivity index (χ2n) is 9.94. The fraction of sp³-hybridized carbons (Fsp3) is 1.00. The maximum absolute atomic E-state index is 10.7. The summed E-state index contributed by atoms with van der Waals surface area (Å²) in [5.41, 5.74) is 0.407. The molecule has 0 aromatic carbocycles. The summed E-state index contributed by atoms with van der Waals surface area (Å²) in [4.78, 5) is 0. The van der Waals surface area contributed by atoms with Gasteiger partial charge in [-0.2, -0.15) is 0 Å². The largest absolute Gasteiger partial charge is 0.393 e. The summed E-state index contributed by atoms with van der Waals surface area (Å²) in [6.07, 6.45) is 7.28. The highest BCUT2D eigenvalue weighted by Crippen LogP contribution is 2.57. The van der Waals surface area contributed by atoms with Gasteiger partial charge in [0.2, 0.25) is 0 Å². The SMILES string of the molecule is CC1C(O)CC2CC3OC3(C)CCC3OC3(C)CCC1C2(C)C. The van der Waals surface area contributed by atoms with Crippen LogP contribution in [-0.2, 0) is 9.47 Å². The zero-order chi connectivity index (χ0) is 16.6. The molecule has 132 valence electrons. The molecule has 23 heavy (non-hydrogen) atoms. The lowest BCUT2D eigenvalue weighted by Gasteiger charge is -2.51. The second kappa shape index (κ2) is 4.95. The molecule has 2 bridgehead atoms. The first kappa shape index (κ1) is 16.4. The molecule has 4 fully saturated rings. The Labute approximate surface area is 141 Å². The Morgan fingerprint density at radius 2 is 1.48 bits per heavy atom. The summed E-state index contributed by atoms with van der Waals surface area (Å²) in [5, 5.41) is 10.7. The third kappa shape index (κ3) is 2.58. The van der Waals surface area contributed by atoms with Gasteiger partial charge >= 0.3 is 0 Å². The van der Waals surface area contributed by atoms with Gasteiger partial charge in [0.25, 0.3) is 0 Å². The molecule has 4 aliphatic rings. The van der Waals surface area contributed by atoms with Crippen LogP contribution in [0.15, 0.2) is 0 Å². The Hall–Kier alpha value is -0.120. The molecule has 1 N–H and O–H groups in total. The zero-order valence-corrected chi connectivity index (χ0v) is 15.5. The third-order valence-electron chi connectivity index (χ3n) is 8.20. The highest BCUT2D eigenvalue weighted by atomic mass is 16.6. The molecule has 3 heteroatoms. The van der Waals surface area contributed by atoms with Crippen LogP contribution in [-0.4, -0.2) is 34.6 Å². The summed E-state index contributed by atoms with van der Waals surface area (Å²) in [5.74, 6) is 1.52. The minimum atomic E-state index is -0.158. The van der Waals surface area contributed by atoms with Gasteiger partial charge in [-0.3, -0.25) is 0 Å². The van der Waals surface area contributed by atoms with Crippen molar-refractivity contribution in [3.63, 3.8) is 0 Å². The predicted molar refractivity (Wildman–Crippen MR) is 90.2 cm³/mol. The van der Waals surface area contributed by atoms with E-state index in [-0.39, 0.29) is 22.7 Å². The number of hydrogen-bond acceptors (Lipinski definition) is 3. The Bertz CT molecular complexity index is 489. The average Bonchev–Trinajstić information content (AvgIpc) is 3.30. The summed E-state index contributed by atoms with van der Waals surface area (Å²) in [7, 11) is 0. The smallest absolute Gasteiger partial charge is 0.0921 e. The molecule has 2 saturated carbocycles. The molecule has 0 radical (unpaired) electrons. The topological polar surface area (TPSA) is 45.3 Å². The monoisotopic (exact) mass is 322 g/mol. The number of rotatable bonds is 0. The van der Waals surface area contributed by atoms with Crippen molar-refractivity contribution in [2.75, 3.05) is 0 Å². The Morgan fingerprint density at radius 1 is 0.870 bits per heavy atom. The maximum Gasteiger partial charge on any atom is 0.0921 e. The van der Waals surface area contributed by atoms with Gasteiger partial charge in [0.15, 0.2) is 0 Å². The lowest BCUT2D eigenvalue weighted by atomic mass is 9.55. The van der Waals surface area contributed by atoms with Crippen LogP contribution in [0.5, 0.6) is 0 Å². The fourth-order valence-electron chi connectivity index (χ4n) is 5.89. The molecule has 8 atom stereocenters. The first-order chi connectivity index (χ1) is 10.7. The van der Waals surface area contributed by atoms with E-state index in [1.54, 1.807) is 0 Å². The van der Waals surface area contributed by atoms with Gasteiger partial charge in [-0.15, -0.1) is 0 Å². The number of aliphatic hydroxyl groups is 1. The normalized spacial score (nSPS) is 58.2. The van der Waals surface area contributed by atoms with Crippen LogP contribution in [0.3, 0.4) is 0 Å². The summed E-state index contributed by atoms with van der Waals surface area (Å²) in [6.45, 7) is 11.7. The van der Waals surface area contributed by atoms with Crippen LogP contribution in [0.4, 0.5) is 0 Å². The molecule has 3 nitrogen and oxygen atoms in total. The van der Waals surface area contributed by atoms with E-state index in [2.05, 4.69) is 34.6 Å². The van der Waals surface area contributed by atoms with Gasteiger partial charge in [-0.05, 0) is 75.5 Å². The number of fused-ring (bicyclic) bond motifs is 4. The Balaban J connectivity index is 1.61. The third-order valence-corrected chi connectivity index (χ3v) is 8.20. The highest BCUT2D eigenvalue weighted by molar-refractivity contribution is 5.08. The van der Waals surface area contributed by atoms with Gasteiger partial charge in [0.05, 0.1) is 29.5 Å². The Kier molecular flexibility index (Phi) is 3.52. The van der Waals surface area contributed by atoms with Gasteiger partial charge in [-0.1, -0.05) is 20.8 Å². The van der Waals surface area contributed by atoms with Gasteiger partial charge in [-0.25, -0.2) is 0 Å². The maximum atomic E-state index is 10.7. The van der Waals surface area contributed by atoms with E-state index in [1.807, 2.05) is 0 Å². The zero-order valence-electron chi connectivity index (χ0n) is 15.5. The minimum absolute atomic E-state index is 0.0612. The standard InChI is InChI=1S/C20H34O3/c1-12-14-6-8-19(4)16(22-19)7-9-20(5)17(23-20)11-13(10-15(12)21)18(14,2)3/h12-17,21H,6-11H2,1-5H3. The second-order valence-corrected chi connectivity index (χ2v) is 9.94. The van der Waals surface area contributed by atoms with E-state index in [1.165, 1.54) is 6.42 Å². The molecule has 0 aromatic heterocycles. The number of epoxide rings is 2. The van der Waals surface area contributed by atoms with Crippen molar-refractivity contribution in [3.8, 4) is 0 Å². The van der Waals surface area contributed by atoms with E-state index in [0.29, 0.717) is 30.0 Å². The molecule has 8 unspecified atom stereocenters. The molecule has 2 aliphatic carbocycles. The first-order valence-corrected chi connectivity index (χ1v) is 9.69. The number of aliphatic hydroxyl groups excluding tert-OH is 1. The van der Waals surface area contributed by atoms with Crippen molar-refractivity contribution < 1.29 is 14.6 Å². The van der Waals surface area contributed by atoms with Crippen molar-refractivity contribution in [3.05, 3.63) is 0 Å². The lowest BCUT2D eigenvalue weighted by Crippen LogP contribution is -2.48. The van der Waals surface area contributed by atoms with Crippen LogP contribution in [0.1, 0.15) is 73.1 Å². The van der Waals surface area contributed by atoms with E-state index >= 15 is 0 Å². The van der Waals surface area contributed by atoms with Crippen molar-refractivity contribution in [1.82, 2.24) is 0 Å². The van der Waals surface area contributed by atoms with Crippen LogP contribution < -0.4 is 0 Å². The van der Waals surface area contributed by atoms with Crippen LogP contribution in [0.25, 0.3) is 0 Å². The average molecular weight is 322 g/mol. The van der Waals surface area contributed by atoms with Crippen LogP contribution in [0, 0.1) is 23.2 Å². The van der Waals surface area contributed by atoms with Crippen LogP contribution in [0.2, 0.25) is 0 Å². The van der Waals surface area contributed by atoms with Crippen molar-refractivity contribution in [2.45, 2.75) is 103 Å².